The zero-order valence-corrected chi connectivity index (χ0v) is 9.08. The Morgan fingerprint density at radius 3 is 2.75 bits per heavy atom. The molecule has 0 aromatic carbocycles. The van der Waals surface area contributed by atoms with Gasteiger partial charge in [0.05, 0.1) is 17.1 Å². The van der Waals surface area contributed by atoms with Crippen LogP contribution in [0.25, 0.3) is 11.0 Å². The Labute approximate surface area is 95.4 Å². The van der Waals surface area contributed by atoms with Gasteiger partial charge in [0.15, 0.2) is 5.65 Å². The van der Waals surface area contributed by atoms with Gasteiger partial charge in [-0.3, -0.25) is 0 Å². The van der Waals surface area contributed by atoms with Gasteiger partial charge in [-0.1, -0.05) is 11.6 Å². The van der Waals surface area contributed by atoms with Crippen molar-refractivity contribution < 1.29 is 4.39 Å². The molecule has 0 unspecified atom stereocenters. The van der Waals surface area contributed by atoms with E-state index in [0.717, 1.165) is 5.39 Å². The lowest BCUT2D eigenvalue weighted by molar-refractivity contribution is -0.201. The molecule has 2 aromatic heterocycles. The lowest BCUT2D eigenvalue weighted by Crippen LogP contribution is -2.70. The van der Waals surface area contributed by atoms with Crippen LogP contribution in [0.5, 0.6) is 0 Å². The number of nitrogens with zero attached hydrogens (tertiary/aromatic N) is 4. The van der Waals surface area contributed by atoms with Crippen molar-refractivity contribution in [2.75, 3.05) is 0 Å². The second-order valence-electron chi connectivity index (χ2n) is 4.86. The summed E-state index contributed by atoms with van der Waals surface area (Å²) in [4.78, 5) is 8.08. The fraction of sp³-hybridized carbons (Fsp3) is 0.500. The molecule has 2 heterocycles. The molecule has 0 amide bonds. The first-order valence-corrected chi connectivity index (χ1v) is 5.53. The molecular weight excluding hydrogens is 231 g/mol. The van der Waals surface area contributed by atoms with E-state index in [-0.39, 0.29) is 5.54 Å². The van der Waals surface area contributed by atoms with Gasteiger partial charge in [-0.25, -0.2) is 19.0 Å². The highest BCUT2D eigenvalue weighted by Crippen LogP contribution is 2.67. The molecule has 3 fully saturated rings. The first-order valence-electron chi connectivity index (χ1n) is 5.16. The molecule has 2 aromatic rings. The Kier molecular flexibility index (Phi) is 1.31. The zero-order valence-electron chi connectivity index (χ0n) is 8.32. The summed E-state index contributed by atoms with van der Waals surface area (Å²) in [7, 11) is 0. The summed E-state index contributed by atoms with van der Waals surface area (Å²) in [5, 5.41) is 5.42. The molecule has 0 radical (unpaired) electrons. The fourth-order valence-electron chi connectivity index (χ4n) is 3.00. The van der Waals surface area contributed by atoms with Gasteiger partial charge in [0, 0.05) is 19.3 Å². The molecule has 0 aliphatic heterocycles. The second-order valence-corrected chi connectivity index (χ2v) is 5.22. The maximum Gasteiger partial charge on any atom is 0.163 e. The average molecular weight is 239 g/mol. The van der Waals surface area contributed by atoms with Crippen LogP contribution in [0.4, 0.5) is 4.39 Å². The van der Waals surface area contributed by atoms with Crippen LogP contribution in [0.3, 0.4) is 0 Å². The van der Waals surface area contributed by atoms with Crippen molar-refractivity contribution in [2.24, 2.45) is 0 Å². The van der Waals surface area contributed by atoms with Gasteiger partial charge in [0.25, 0.3) is 0 Å². The Balaban J connectivity index is 1.91. The third kappa shape index (κ3) is 0.844. The number of fused-ring (bicyclic) bond motifs is 1. The Morgan fingerprint density at radius 2 is 2.06 bits per heavy atom. The average Bonchev–Trinajstić information content (AvgIpc) is 2.57. The van der Waals surface area contributed by atoms with Gasteiger partial charge >= 0.3 is 0 Å². The maximum absolute atomic E-state index is 13.5. The monoisotopic (exact) mass is 238 g/mol. The molecule has 6 heteroatoms. The molecule has 0 spiro atoms. The van der Waals surface area contributed by atoms with Crippen molar-refractivity contribution in [1.82, 2.24) is 19.7 Å². The largest absolute Gasteiger partial charge is 0.244 e. The molecule has 82 valence electrons. The van der Waals surface area contributed by atoms with Crippen LogP contribution in [0.2, 0.25) is 5.15 Å². The minimum absolute atomic E-state index is 0.145. The number of halogens is 2. The summed E-state index contributed by atoms with van der Waals surface area (Å²) in [6.45, 7) is 0. The third-order valence-corrected chi connectivity index (χ3v) is 4.01. The Hall–Kier alpha value is -1.23. The van der Waals surface area contributed by atoms with E-state index in [2.05, 4.69) is 15.1 Å². The zero-order chi connectivity index (χ0) is 11.0. The molecule has 0 atom stereocenters. The molecule has 3 aliphatic carbocycles. The third-order valence-electron chi connectivity index (χ3n) is 3.70. The van der Waals surface area contributed by atoms with E-state index in [0.29, 0.717) is 30.1 Å². The van der Waals surface area contributed by atoms with Crippen molar-refractivity contribution in [1.29, 1.82) is 0 Å². The SMILES string of the molecule is FC12CC(n3ncc4c(Cl)ncnc43)(C1)C2. The van der Waals surface area contributed by atoms with Crippen molar-refractivity contribution in [2.45, 2.75) is 30.5 Å². The van der Waals surface area contributed by atoms with Gasteiger partial charge in [0.1, 0.15) is 17.1 Å². The summed E-state index contributed by atoms with van der Waals surface area (Å²) in [5.74, 6) is 0. The standard InChI is InChI=1S/C10H8ClFN4/c11-7-6-1-15-16(8(6)14-5-13-7)10-2-9(12,3-10)4-10/h1,5H,2-4H2. The fourth-order valence-corrected chi connectivity index (χ4v) is 3.18. The lowest BCUT2D eigenvalue weighted by Gasteiger charge is -2.65. The summed E-state index contributed by atoms with van der Waals surface area (Å²) < 4.78 is 15.3. The van der Waals surface area contributed by atoms with E-state index < -0.39 is 5.67 Å². The highest BCUT2D eigenvalue weighted by atomic mass is 35.5. The molecule has 4 nitrogen and oxygen atoms in total. The van der Waals surface area contributed by atoms with E-state index in [1.54, 1.807) is 6.20 Å². The number of rotatable bonds is 1. The topological polar surface area (TPSA) is 43.6 Å². The van der Waals surface area contributed by atoms with Crippen LogP contribution in [0, 0.1) is 0 Å². The first-order chi connectivity index (χ1) is 7.62. The van der Waals surface area contributed by atoms with Crippen LogP contribution >= 0.6 is 11.6 Å². The summed E-state index contributed by atoms with van der Waals surface area (Å²) in [5.41, 5.74) is -0.370. The number of alkyl halides is 1. The van der Waals surface area contributed by atoms with Gasteiger partial charge in [-0.05, 0) is 0 Å². The Bertz CT molecular complexity index is 588. The van der Waals surface area contributed by atoms with E-state index in [9.17, 15) is 4.39 Å². The molecule has 2 bridgehead atoms. The van der Waals surface area contributed by atoms with Crippen LogP contribution in [-0.2, 0) is 5.54 Å². The number of aromatic nitrogens is 4. The molecule has 5 rings (SSSR count). The van der Waals surface area contributed by atoms with Crippen LogP contribution in [0.1, 0.15) is 19.3 Å². The predicted molar refractivity (Wildman–Crippen MR) is 56.0 cm³/mol. The second kappa shape index (κ2) is 2.37. The summed E-state index contributed by atoms with van der Waals surface area (Å²) in [6.07, 6.45) is 4.73. The molecule has 3 aliphatic rings. The normalized spacial score (nSPS) is 35.9. The van der Waals surface area contributed by atoms with Gasteiger partial charge in [0.2, 0.25) is 0 Å². The van der Waals surface area contributed by atoms with Crippen molar-refractivity contribution in [3.8, 4) is 0 Å². The number of hydrogen-bond acceptors (Lipinski definition) is 3. The molecule has 0 saturated heterocycles. The van der Waals surface area contributed by atoms with Gasteiger partial charge in [-0.15, -0.1) is 0 Å². The highest BCUT2D eigenvalue weighted by Gasteiger charge is 2.71. The van der Waals surface area contributed by atoms with E-state index in [1.165, 1.54) is 6.33 Å². The van der Waals surface area contributed by atoms with E-state index in [4.69, 9.17) is 11.6 Å². The molecule has 3 saturated carbocycles. The highest BCUT2D eigenvalue weighted by molar-refractivity contribution is 6.33. The maximum atomic E-state index is 13.5. The van der Waals surface area contributed by atoms with Crippen LogP contribution in [0.15, 0.2) is 12.5 Å². The first kappa shape index (κ1) is 8.87. The van der Waals surface area contributed by atoms with Gasteiger partial charge in [-0.2, -0.15) is 5.10 Å². The van der Waals surface area contributed by atoms with E-state index in [1.807, 2.05) is 4.68 Å². The van der Waals surface area contributed by atoms with E-state index >= 15 is 0 Å². The van der Waals surface area contributed by atoms with Crippen molar-refractivity contribution in [3.05, 3.63) is 17.7 Å². The smallest absolute Gasteiger partial charge is 0.163 e. The predicted octanol–water partition coefficient (Wildman–Crippen LogP) is 2.08. The minimum atomic E-state index is -0.935. The molecular formula is C10H8ClFN4. The van der Waals surface area contributed by atoms with Crippen LogP contribution < -0.4 is 0 Å². The lowest BCUT2D eigenvalue weighted by atomic mass is 9.47. The summed E-state index contributed by atoms with van der Waals surface area (Å²) >= 11 is 5.94. The summed E-state index contributed by atoms with van der Waals surface area (Å²) in [6, 6.07) is 0. The van der Waals surface area contributed by atoms with Crippen molar-refractivity contribution in [3.63, 3.8) is 0 Å². The van der Waals surface area contributed by atoms with Crippen molar-refractivity contribution >= 4 is 22.6 Å². The molecule has 16 heavy (non-hydrogen) atoms. The Morgan fingerprint density at radius 1 is 1.31 bits per heavy atom. The van der Waals surface area contributed by atoms with Gasteiger partial charge < -0.3 is 0 Å². The number of hydrogen-bond donors (Lipinski definition) is 0. The van der Waals surface area contributed by atoms with Crippen LogP contribution in [-0.4, -0.2) is 25.4 Å². The molecule has 0 N–H and O–H groups in total. The minimum Gasteiger partial charge on any atom is -0.244 e. The quantitative estimate of drug-likeness (QED) is 0.715.